The first kappa shape index (κ1) is 23.3. The fourth-order valence-corrected chi connectivity index (χ4v) is 5.44. The fourth-order valence-electron chi connectivity index (χ4n) is 5.44. The molecule has 0 radical (unpaired) electrons. The zero-order valence-corrected chi connectivity index (χ0v) is 21.2. The minimum absolute atomic E-state index is 0.0308. The smallest absolute Gasteiger partial charge is 0.230 e. The molecule has 0 spiro atoms. The number of rotatable bonds is 4. The maximum atomic E-state index is 13.2. The second kappa shape index (κ2) is 9.10. The third kappa shape index (κ3) is 4.26. The van der Waals surface area contributed by atoms with Crippen molar-refractivity contribution in [2.45, 2.75) is 39.0 Å². The van der Waals surface area contributed by atoms with Gasteiger partial charge in [-0.3, -0.25) is 19.3 Å². The maximum Gasteiger partial charge on any atom is 0.230 e. The molecule has 0 saturated carbocycles. The molecule has 10 nitrogen and oxygen atoms in total. The molecule has 3 aromatic heterocycles. The number of pyridine rings is 1. The van der Waals surface area contributed by atoms with Crippen molar-refractivity contribution in [1.29, 1.82) is 0 Å². The van der Waals surface area contributed by atoms with Gasteiger partial charge in [-0.25, -0.2) is 0 Å². The van der Waals surface area contributed by atoms with Crippen molar-refractivity contribution in [3.8, 4) is 11.4 Å². The van der Waals surface area contributed by atoms with Crippen LogP contribution in [0.5, 0.6) is 0 Å². The van der Waals surface area contributed by atoms with Gasteiger partial charge in [0.15, 0.2) is 0 Å². The van der Waals surface area contributed by atoms with Gasteiger partial charge in [0, 0.05) is 55.7 Å². The molecular weight excluding hydrogens is 470 g/mol. The number of aryl methyl sites for hydroxylation is 3. The van der Waals surface area contributed by atoms with Gasteiger partial charge < -0.3 is 14.3 Å². The van der Waals surface area contributed by atoms with E-state index in [0.717, 1.165) is 46.4 Å². The van der Waals surface area contributed by atoms with E-state index >= 15 is 0 Å². The lowest BCUT2D eigenvalue weighted by Crippen LogP contribution is -2.42. The summed E-state index contributed by atoms with van der Waals surface area (Å²) in [5, 5.41) is 9.81. The van der Waals surface area contributed by atoms with E-state index in [2.05, 4.69) is 20.2 Å². The predicted octanol–water partition coefficient (Wildman–Crippen LogP) is 3.39. The highest BCUT2D eigenvalue weighted by Crippen LogP contribution is 2.32. The Morgan fingerprint density at radius 1 is 1.11 bits per heavy atom. The molecule has 6 rings (SSSR count). The first-order valence-corrected chi connectivity index (χ1v) is 12.7. The number of carbonyl (C=O) groups excluding carboxylic acids is 2. The highest BCUT2D eigenvalue weighted by molar-refractivity contribution is 6.00. The Bertz CT molecular complexity index is 1480. The van der Waals surface area contributed by atoms with Crippen molar-refractivity contribution in [3.63, 3.8) is 0 Å². The summed E-state index contributed by atoms with van der Waals surface area (Å²) in [4.78, 5) is 38.3. The van der Waals surface area contributed by atoms with Crippen LogP contribution < -0.4 is 4.90 Å². The summed E-state index contributed by atoms with van der Waals surface area (Å²) in [7, 11) is 1.93. The molecule has 2 aliphatic rings. The van der Waals surface area contributed by atoms with Crippen molar-refractivity contribution in [2.75, 3.05) is 24.5 Å². The third-order valence-electron chi connectivity index (χ3n) is 7.57. The Kier molecular flexibility index (Phi) is 5.73. The number of hydrogen-bond acceptors (Lipinski definition) is 7. The predicted molar refractivity (Wildman–Crippen MR) is 137 cm³/mol. The minimum Gasteiger partial charge on any atom is -0.342 e. The quantitative estimate of drug-likeness (QED) is 0.423. The maximum absolute atomic E-state index is 13.2. The number of nitrogens with zero attached hydrogens (tertiary/aromatic N) is 7. The van der Waals surface area contributed by atoms with Gasteiger partial charge >= 0.3 is 0 Å². The summed E-state index contributed by atoms with van der Waals surface area (Å²) in [6, 6.07) is 9.82. The summed E-state index contributed by atoms with van der Waals surface area (Å²) in [6.45, 7) is 5.52. The topological polar surface area (TPSA) is 110 Å². The molecular formula is C27H29N7O3. The normalized spacial score (nSPS) is 18.8. The largest absolute Gasteiger partial charge is 0.342 e. The van der Waals surface area contributed by atoms with Crippen LogP contribution in [-0.4, -0.2) is 61.3 Å². The zero-order chi connectivity index (χ0) is 25.7. The Balaban J connectivity index is 1.09. The number of likely N-dealkylation sites (tertiary alicyclic amines) is 1. The van der Waals surface area contributed by atoms with Crippen LogP contribution in [0.3, 0.4) is 0 Å². The van der Waals surface area contributed by atoms with Crippen LogP contribution in [0.4, 0.5) is 5.69 Å². The van der Waals surface area contributed by atoms with Crippen LogP contribution in [0.2, 0.25) is 0 Å². The molecule has 1 atom stereocenters. The van der Waals surface area contributed by atoms with E-state index in [4.69, 9.17) is 4.52 Å². The van der Waals surface area contributed by atoms with E-state index < -0.39 is 0 Å². The van der Waals surface area contributed by atoms with E-state index in [-0.39, 0.29) is 30.1 Å². The van der Waals surface area contributed by atoms with Crippen LogP contribution in [0.1, 0.15) is 42.5 Å². The molecule has 10 heteroatoms. The molecule has 2 saturated heterocycles. The highest BCUT2D eigenvalue weighted by Gasteiger charge is 2.38. The zero-order valence-electron chi connectivity index (χ0n) is 21.2. The van der Waals surface area contributed by atoms with Gasteiger partial charge in [0.1, 0.15) is 0 Å². The van der Waals surface area contributed by atoms with Gasteiger partial charge in [-0.2, -0.15) is 10.1 Å². The number of amides is 2. The van der Waals surface area contributed by atoms with Crippen LogP contribution >= 0.6 is 0 Å². The summed E-state index contributed by atoms with van der Waals surface area (Å²) < 4.78 is 7.50. The van der Waals surface area contributed by atoms with Crippen molar-refractivity contribution in [2.24, 2.45) is 13.0 Å². The van der Waals surface area contributed by atoms with Crippen molar-refractivity contribution in [3.05, 3.63) is 53.8 Å². The lowest BCUT2D eigenvalue weighted by Gasteiger charge is -2.32. The number of anilines is 1. The lowest BCUT2D eigenvalue weighted by atomic mass is 9.95. The van der Waals surface area contributed by atoms with Gasteiger partial charge in [0.05, 0.1) is 29.0 Å². The van der Waals surface area contributed by atoms with Crippen molar-refractivity contribution in [1.82, 2.24) is 29.8 Å². The van der Waals surface area contributed by atoms with Crippen LogP contribution in [0, 0.1) is 19.8 Å². The number of hydrogen-bond donors (Lipinski definition) is 0. The van der Waals surface area contributed by atoms with Gasteiger partial charge in [0.25, 0.3) is 0 Å². The SMILES string of the molecule is Cc1ccc(N2CC(C(=O)N3CCC(c4nc(-c5ccc6c(C)nn(C)c6c5)no4)CC3)CC2=O)cn1. The number of carbonyl (C=O) groups is 2. The fraction of sp³-hybridized carbons (Fsp3) is 0.407. The minimum atomic E-state index is -0.328. The van der Waals surface area contributed by atoms with E-state index in [1.54, 1.807) is 11.1 Å². The van der Waals surface area contributed by atoms with E-state index in [1.807, 2.05) is 60.8 Å². The lowest BCUT2D eigenvalue weighted by molar-refractivity contribution is -0.136. The Morgan fingerprint density at radius 3 is 2.68 bits per heavy atom. The third-order valence-corrected chi connectivity index (χ3v) is 7.57. The summed E-state index contributed by atoms with van der Waals surface area (Å²) >= 11 is 0. The van der Waals surface area contributed by atoms with Crippen molar-refractivity contribution >= 4 is 28.4 Å². The Hall–Kier alpha value is -4.08. The monoisotopic (exact) mass is 499 g/mol. The molecule has 0 N–H and O–H groups in total. The molecule has 1 unspecified atom stereocenters. The van der Waals surface area contributed by atoms with Gasteiger partial charge in [-0.1, -0.05) is 17.3 Å². The summed E-state index contributed by atoms with van der Waals surface area (Å²) in [5.74, 6) is 0.957. The number of piperidine rings is 1. The summed E-state index contributed by atoms with van der Waals surface area (Å²) in [5.41, 5.74) is 4.53. The van der Waals surface area contributed by atoms with Crippen LogP contribution in [0.15, 0.2) is 41.1 Å². The molecule has 2 amide bonds. The van der Waals surface area contributed by atoms with E-state index in [0.29, 0.717) is 31.3 Å². The molecule has 37 heavy (non-hydrogen) atoms. The van der Waals surface area contributed by atoms with Gasteiger partial charge in [-0.05, 0) is 44.9 Å². The first-order valence-electron chi connectivity index (χ1n) is 12.7. The standard InChI is InChI=1S/C27H29N7O3/c1-16-4-6-21(14-28-16)34-15-20(13-24(34)35)27(36)33-10-8-18(9-11-33)26-29-25(31-37-26)19-5-7-22-17(2)30-32(3)23(22)12-19/h4-7,12,14,18,20H,8-11,13,15H2,1-3H3. The molecule has 1 aromatic carbocycles. The second-order valence-electron chi connectivity index (χ2n) is 10.1. The highest BCUT2D eigenvalue weighted by atomic mass is 16.5. The first-order chi connectivity index (χ1) is 17.9. The Labute approximate surface area is 214 Å². The molecule has 4 aromatic rings. The van der Waals surface area contributed by atoms with Crippen LogP contribution in [0.25, 0.3) is 22.3 Å². The van der Waals surface area contributed by atoms with E-state index in [9.17, 15) is 9.59 Å². The average Bonchev–Trinajstić information content (AvgIpc) is 3.62. The van der Waals surface area contributed by atoms with Gasteiger partial charge in [0.2, 0.25) is 23.5 Å². The second-order valence-corrected chi connectivity index (χ2v) is 10.1. The number of benzene rings is 1. The molecule has 0 aliphatic carbocycles. The Morgan fingerprint density at radius 2 is 1.92 bits per heavy atom. The molecule has 190 valence electrons. The van der Waals surface area contributed by atoms with Crippen molar-refractivity contribution < 1.29 is 14.1 Å². The molecule has 5 heterocycles. The average molecular weight is 500 g/mol. The van der Waals surface area contributed by atoms with Gasteiger partial charge in [-0.15, -0.1) is 0 Å². The molecule has 0 bridgehead atoms. The molecule has 2 fully saturated rings. The van der Waals surface area contributed by atoms with E-state index in [1.165, 1.54) is 0 Å². The number of fused-ring (bicyclic) bond motifs is 1. The number of aromatic nitrogens is 5. The molecule has 2 aliphatic heterocycles. The van der Waals surface area contributed by atoms with Crippen LogP contribution in [-0.2, 0) is 16.6 Å². The summed E-state index contributed by atoms with van der Waals surface area (Å²) in [6.07, 6.45) is 3.43.